The van der Waals surface area contributed by atoms with Crippen LogP contribution in [0.25, 0.3) is 10.9 Å². The minimum absolute atomic E-state index is 0.321. The second-order valence-corrected chi connectivity index (χ2v) is 8.69. The molecule has 1 aliphatic heterocycles. The fourth-order valence-corrected chi connectivity index (χ4v) is 4.32. The Kier molecular flexibility index (Phi) is 4.48. The molecule has 2 amide bonds. The molecule has 2 heterocycles. The zero-order valence-electron chi connectivity index (χ0n) is 17.8. The number of carbonyl (C=O) groups is 2. The Hall–Kier alpha value is -2.25. The van der Waals surface area contributed by atoms with Gasteiger partial charge in [0.05, 0.1) is 16.3 Å². The topological polar surface area (TPSA) is 107 Å². The van der Waals surface area contributed by atoms with Crippen LogP contribution in [-0.4, -0.2) is 76.3 Å². The summed E-state index contributed by atoms with van der Waals surface area (Å²) in [6.07, 6.45) is 0. The molecule has 3 rings (SSSR count). The van der Waals surface area contributed by atoms with Crippen LogP contribution in [-0.2, 0) is 15.0 Å². The molecule has 136 valence electrons. The van der Waals surface area contributed by atoms with E-state index in [1.54, 1.807) is 30.5 Å². The smallest absolute Gasteiger partial charge is 0.263 e. The Labute approximate surface area is 169 Å². The van der Waals surface area contributed by atoms with Gasteiger partial charge in [0.1, 0.15) is 60.7 Å². The van der Waals surface area contributed by atoms with E-state index in [1.165, 1.54) is 4.57 Å². The number of benzene rings is 1. The van der Waals surface area contributed by atoms with Crippen LogP contribution >= 0.6 is 0 Å². The van der Waals surface area contributed by atoms with Crippen LogP contribution in [0.5, 0.6) is 0 Å². The predicted molar refractivity (Wildman–Crippen MR) is 131 cm³/mol. The van der Waals surface area contributed by atoms with Crippen molar-refractivity contribution in [3.05, 3.63) is 16.2 Å². The molecule has 1 aromatic carbocycles. The minimum atomic E-state index is -1.28. The molecule has 0 bridgehead atoms. The Morgan fingerprint density at radius 1 is 1.04 bits per heavy atom. The normalized spacial score (nSPS) is 24.2. The predicted octanol–water partition coefficient (Wildman–Crippen LogP) is -9.19. The molecule has 1 saturated heterocycles. The van der Waals surface area contributed by atoms with Gasteiger partial charge in [0.2, 0.25) is 11.8 Å². The lowest BCUT2D eigenvalue weighted by Gasteiger charge is -2.48. The number of piperidine rings is 1. The molecule has 2 atom stereocenters. The summed E-state index contributed by atoms with van der Waals surface area (Å²) < 4.78 is 1.41. The first-order valence-electron chi connectivity index (χ1n) is 9.42. The number of hydrogen-bond acceptors (Lipinski definition) is 5. The molecule has 28 heavy (non-hydrogen) atoms. The standard InChI is InChI=1S/C14H21B7N4O3/c1-2-23-8-3(7(22)5(16)4(15)6(8)17)9(26)25(2)14(21)10(18)13(19,20)11(27)24-12(14)28/h10H,15-22H2,1H3,(H,24,27,28). The summed E-state index contributed by atoms with van der Waals surface area (Å²) in [6, 6.07) is 0. The van der Waals surface area contributed by atoms with E-state index in [2.05, 4.69) is 10.3 Å². The summed E-state index contributed by atoms with van der Waals surface area (Å²) in [5.74, 6) is -0.873. The Balaban J connectivity index is 2.47. The fraction of sp³-hybridized carbons (Fsp3) is 0.286. The van der Waals surface area contributed by atoms with E-state index < -0.39 is 22.4 Å². The first-order chi connectivity index (χ1) is 12.8. The van der Waals surface area contributed by atoms with Gasteiger partial charge in [-0.2, -0.15) is 0 Å². The maximum absolute atomic E-state index is 13.7. The number of aromatic nitrogens is 2. The van der Waals surface area contributed by atoms with Gasteiger partial charge in [0, 0.05) is 5.69 Å². The number of rotatable bonds is 1. The number of fused-ring (bicyclic) bond motifs is 1. The molecule has 1 fully saturated rings. The first-order valence-corrected chi connectivity index (χ1v) is 9.42. The first kappa shape index (κ1) is 20.5. The number of imide groups is 1. The molecule has 14 heteroatoms. The van der Waals surface area contributed by atoms with Crippen molar-refractivity contribution in [3.63, 3.8) is 0 Å². The lowest BCUT2D eigenvalue weighted by Crippen LogP contribution is -2.66. The third-order valence-corrected chi connectivity index (χ3v) is 7.07. The van der Waals surface area contributed by atoms with Gasteiger partial charge in [0.15, 0.2) is 0 Å². The highest BCUT2D eigenvalue weighted by molar-refractivity contribution is 6.62. The van der Waals surface area contributed by atoms with Gasteiger partial charge in [-0.3, -0.25) is 24.3 Å². The quantitative estimate of drug-likeness (QED) is 0.295. The maximum atomic E-state index is 13.7. The monoisotopic (exact) mass is 370 g/mol. The van der Waals surface area contributed by atoms with Crippen LogP contribution < -0.4 is 33.0 Å². The van der Waals surface area contributed by atoms with E-state index in [-0.39, 0.29) is 11.5 Å². The second kappa shape index (κ2) is 6.13. The number of amides is 2. The number of carbonyl (C=O) groups excluding carboxylic acids is 2. The van der Waals surface area contributed by atoms with Crippen LogP contribution in [0.2, 0.25) is 11.0 Å². The minimum Gasteiger partial charge on any atom is -0.398 e. The summed E-state index contributed by atoms with van der Waals surface area (Å²) in [6.45, 7) is 1.71. The lowest BCUT2D eigenvalue weighted by molar-refractivity contribution is -0.138. The van der Waals surface area contributed by atoms with Gasteiger partial charge in [-0.1, -0.05) is 16.4 Å². The number of hydrogen-bond donors (Lipinski definition) is 2. The summed E-state index contributed by atoms with van der Waals surface area (Å²) in [4.78, 5) is 43.7. The molecule has 1 aliphatic rings. The molecular formula is C14H21B7N4O3. The molecule has 2 aromatic rings. The molecule has 0 radical (unpaired) electrons. The Morgan fingerprint density at radius 3 is 2.18 bits per heavy atom. The van der Waals surface area contributed by atoms with Crippen molar-refractivity contribution in [2.75, 3.05) is 5.73 Å². The van der Waals surface area contributed by atoms with E-state index in [9.17, 15) is 14.4 Å². The van der Waals surface area contributed by atoms with Gasteiger partial charge in [-0.25, -0.2) is 4.98 Å². The molecule has 1 aromatic heterocycles. The van der Waals surface area contributed by atoms with Crippen molar-refractivity contribution in [1.29, 1.82) is 0 Å². The molecule has 0 spiro atoms. The van der Waals surface area contributed by atoms with E-state index in [0.717, 1.165) is 16.4 Å². The molecule has 0 saturated carbocycles. The van der Waals surface area contributed by atoms with Gasteiger partial charge in [0.25, 0.3) is 5.56 Å². The average molecular weight is 369 g/mol. The highest BCUT2D eigenvalue weighted by Gasteiger charge is 2.55. The van der Waals surface area contributed by atoms with Crippen molar-refractivity contribution in [1.82, 2.24) is 14.9 Å². The highest BCUT2D eigenvalue weighted by Crippen LogP contribution is 2.45. The van der Waals surface area contributed by atoms with E-state index in [1.807, 2.05) is 31.4 Å². The zero-order chi connectivity index (χ0) is 21.3. The third kappa shape index (κ3) is 2.39. The second-order valence-electron chi connectivity index (χ2n) is 8.69. The van der Waals surface area contributed by atoms with Crippen LogP contribution in [0.3, 0.4) is 0 Å². The summed E-state index contributed by atoms with van der Waals surface area (Å²) in [5.41, 5.74) is 8.35. The number of nitrogen functional groups attached to an aromatic ring is 1. The fourth-order valence-electron chi connectivity index (χ4n) is 4.32. The number of nitrogens with one attached hydrogen (secondary N) is 1. The van der Waals surface area contributed by atoms with Crippen molar-refractivity contribution in [2.24, 2.45) is 0 Å². The van der Waals surface area contributed by atoms with Gasteiger partial charge < -0.3 is 5.73 Å². The lowest BCUT2D eigenvalue weighted by atomic mass is 9.35. The number of nitrogens with zero attached hydrogens (tertiary/aromatic N) is 2. The summed E-state index contributed by atoms with van der Waals surface area (Å²) >= 11 is 0. The maximum Gasteiger partial charge on any atom is 0.263 e. The van der Waals surface area contributed by atoms with Gasteiger partial charge in [-0.05, 0) is 18.0 Å². The molecule has 3 N–H and O–H groups in total. The van der Waals surface area contributed by atoms with Crippen molar-refractivity contribution in [2.45, 2.75) is 23.4 Å². The molecule has 0 aliphatic carbocycles. The van der Waals surface area contributed by atoms with E-state index >= 15 is 0 Å². The van der Waals surface area contributed by atoms with E-state index in [0.29, 0.717) is 22.4 Å². The SMILES string of the molecule is Bc1c(B)c(N)c2c(=O)n(C3(B)C(=O)NC(=O)C(B)(B)C3B)c(C)nc2c1B. The van der Waals surface area contributed by atoms with Gasteiger partial charge >= 0.3 is 0 Å². The van der Waals surface area contributed by atoms with Crippen LogP contribution in [0.1, 0.15) is 5.82 Å². The average Bonchev–Trinajstić information content (AvgIpc) is 2.61. The Bertz CT molecular complexity index is 1130. The van der Waals surface area contributed by atoms with Crippen LogP contribution in [0.15, 0.2) is 4.79 Å². The number of anilines is 1. The number of aryl methyl sites for hydroxylation is 1. The highest BCUT2D eigenvalue weighted by atomic mass is 16.2. The molecular weight excluding hydrogens is 348 g/mol. The summed E-state index contributed by atoms with van der Waals surface area (Å²) in [7, 11) is 12.8. The third-order valence-electron chi connectivity index (χ3n) is 7.07. The zero-order valence-corrected chi connectivity index (χ0v) is 17.8. The van der Waals surface area contributed by atoms with E-state index in [4.69, 9.17) is 5.73 Å². The van der Waals surface area contributed by atoms with Gasteiger partial charge in [-0.15, -0.1) is 0 Å². The Morgan fingerprint density at radius 2 is 1.61 bits per heavy atom. The van der Waals surface area contributed by atoms with Crippen molar-refractivity contribution >= 4 is 99.7 Å². The molecule has 2 unspecified atom stereocenters. The van der Waals surface area contributed by atoms with Crippen LogP contribution in [0.4, 0.5) is 5.69 Å². The molecule has 7 nitrogen and oxygen atoms in total. The number of nitrogens with two attached hydrogens (primary N) is 1. The summed E-state index contributed by atoms with van der Waals surface area (Å²) in [5, 5.41) is 1.92. The van der Waals surface area contributed by atoms with Crippen molar-refractivity contribution < 1.29 is 9.59 Å². The largest absolute Gasteiger partial charge is 0.398 e. The van der Waals surface area contributed by atoms with Crippen LogP contribution in [0, 0.1) is 6.92 Å². The van der Waals surface area contributed by atoms with Crippen molar-refractivity contribution in [3.8, 4) is 0 Å².